The van der Waals surface area contributed by atoms with Gasteiger partial charge in [0.05, 0.1) is 6.20 Å². The monoisotopic (exact) mass is 277 g/mol. The van der Waals surface area contributed by atoms with Crippen LogP contribution >= 0.6 is 0 Å². The van der Waals surface area contributed by atoms with E-state index in [-0.39, 0.29) is 0 Å². The van der Waals surface area contributed by atoms with E-state index in [4.69, 9.17) is 4.42 Å². The van der Waals surface area contributed by atoms with Crippen molar-refractivity contribution in [2.45, 2.75) is 26.2 Å². The number of benzene rings is 2. The summed E-state index contributed by atoms with van der Waals surface area (Å²) in [5, 5.41) is 0. The molecule has 0 bridgehead atoms. The summed E-state index contributed by atoms with van der Waals surface area (Å²) >= 11 is 0. The maximum atomic E-state index is 5.84. The van der Waals surface area contributed by atoms with E-state index in [1.54, 1.807) is 0 Å². The van der Waals surface area contributed by atoms with Gasteiger partial charge in [0, 0.05) is 12.0 Å². The zero-order valence-electron chi connectivity index (χ0n) is 12.3. The minimum absolute atomic E-state index is 0.713. The summed E-state index contributed by atoms with van der Waals surface area (Å²) in [6.45, 7) is 2.08. The molecular formula is C19H19NO. The molecule has 0 aliphatic heterocycles. The van der Waals surface area contributed by atoms with Gasteiger partial charge in [0.2, 0.25) is 5.89 Å². The number of aromatic nitrogens is 1. The number of oxazole rings is 1. The summed E-state index contributed by atoms with van der Waals surface area (Å²) in [6.07, 6.45) is 4.92. The predicted molar refractivity (Wildman–Crippen MR) is 85.1 cm³/mol. The average Bonchev–Trinajstić information content (AvgIpc) is 2.98. The first-order chi connectivity index (χ1) is 10.3. The highest BCUT2D eigenvalue weighted by Crippen LogP contribution is 2.20. The summed E-state index contributed by atoms with van der Waals surface area (Å²) in [5.74, 6) is 1.67. The molecule has 0 atom stereocenters. The Balaban J connectivity index is 1.59. The Labute approximate surface area is 125 Å². The third kappa shape index (κ3) is 3.60. The normalized spacial score (nSPS) is 10.7. The van der Waals surface area contributed by atoms with Crippen LogP contribution in [-0.2, 0) is 12.8 Å². The van der Waals surface area contributed by atoms with Gasteiger partial charge in [-0.2, -0.15) is 0 Å². The van der Waals surface area contributed by atoms with Crippen molar-refractivity contribution in [2.24, 2.45) is 0 Å². The first-order valence-corrected chi connectivity index (χ1v) is 7.37. The molecule has 0 fully saturated rings. The van der Waals surface area contributed by atoms with Gasteiger partial charge in [-0.05, 0) is 37.5 Å². The fourth-order valence-electron chi connectivity index (χ4n) is 2.36. The van der Waals surface area contributed by atoms with Crippen LogP contribution in [-0.4, -0.2) is 4.98 Å². The van der Waals surface area contributed by atoms with Gasteiger partial charge in [0.15, 0.2) is 0 Å². The van der Waals surface area contributed by atoms with E-state index in [2.05, 4.69) is 60.4 Å². The molecule has 0 amide bonds. The lowest BCUT2D eigenvalue weighted by Crippen LogP contribution is -1.88. The van der Waals surface area contributed by atoms with Crippen molar-refractivity contribution in [3.8, 4) is 11.5 Å². The van der Waals surface area contributed by atoms with Crippen molar-refractivity contribution in [3.63, 3.8) is 0 Å². The van der Waals surface area contributed by atoms with E-state index >= 15 is 0 Å². The van der Waals surface area contributed by atoms with E-state index in [0.717, 1.165) is 30.6 Å². The fraction of sp³-hybridized carbons (Fsp3) is 0.211. The SMILES string of the molecule is Cc1ccc(-c2ncc(CCCc3ccccc3)o2)cc1. The first-order valence-electron chi connectivity index (χ1n) is 7.37. The van der Waals surface area contributed by atoms with Crippen LogP contribution in [0.15, 0.2) is 65.2 Å². The highest BCUT2D eigenvalue weighted by Gasteiger charge is 2.06. The molecule has 2 aromatic carbocycles. The van der Waals surface area contributed by atoms with Crippen molar-refractivity contribution in [2.75, 3.05) is 0 Å². The zero-order chi connectivity index (χ0) is 14.5. The molecule has 0 aliphatic carbocycles. The van der Waals surface area contributed by atoms with E-state index < -0.39 is 0 Å². The predicted octanol–water partition coefficient (Wildman–Crippen LogP) is 4.83. The zero-order valence-corrected chi connectivity index (χ0v) is 12.3. The topological polar surface area (TPSA) is 26.0 Å². The summed E-state index contributed by atoms with van der Waals surface area (Å²) in [4.78, 5) is 4.38. The molecule has 0 spiro atoms. The Morgan fingerprint density at radius 2 is 1.67 bits per heavy atom. The number of hydrogen-bond donors (Lipinski definition) is 0. The van der Waals surface area contributed by atoms with Gasteiger partial charge in [-0.25, -0.2) is 4.98 Å². The number of hydrogen-bond acceptors (Lipinski definition) is 2. The molecule has 0 saturated heterocycles. The maximum absolute atomic E-state index is 5.84. The molecule has 3 aromatic rings. The highest BCUT2D eigenvalue weighted by atomic mass is 16.4. The van der Waals surface area contributed by atoms with Crippen LogP contribution in [0, 0.1) is 6.92 Å². The van der Waals surface area contributed by atoms with Crippen LogP contribution in [0.3, 0.4) is 0 Å². The summed E-state index contributed by atoms with van der Waals surface area (Å²) in [6, 6.07) is 18.8. The second kappa shape index (κ2) is 6.40. The van der Waals surface area contributed by atoms with Crippen molar-refractivity contribution in [1.82, 2.24) is 4.98 Å². The minimum Gasteiger partial charge on any atom is -0.441 e. The van der Waals surface area contributed by atoms with Crippen LogP contribution in [0.4, 0.5) is 0 Å². The molecule has 2 heteroatoms. The molecule has 106 valence electrons. The summed E-state index contributed by atoms with van der Waals surface area (Å²) in [5.41, 5.74) is 3.65. The van der Waals surface area contributed by atoms with Gasteiger partial charge in [0.25, 0.3) is 0 Å². The fourth-order valence-corrected chi connectivity index (χ4v) is 2.36. The second-order valence-electron chi connectivity index (χ2n) is 5.34. The van der Waals surface area contributed by atoms with Crippen molar-refractivity contribution in [3.05, 3.63) is 77.7 Å². The quantitative estimate of drug-likeness (QED) is 0.668. The largest absolute Gasteiger partial charge is 0.441 e. The molecule has 0 radical (unpaired) electrons. The van der Waals surface area contributed by atoms with E-state index in [0.29, 0.717) is 5.89 Å². The van der Waals surface area contributed by atoms with Gasteiger partial charge < -0.3 is 4.42 Å². The Morgan fingerprint density at radius 1 is 0.905 bits per heavy atom. The Bertz CT molecular complexity index is 683. The molecule has 1 heterocycles. The highest BCUT2D eigenvalue weighted by molar-refractivity contribution is 5.53. The van der Waals surface area contributed by atoms with Crippen LogP contribution in [0.1, 0.15) is 23.3 Å². The molecule has 1 aromatic heterocycles. The van der Waals surface area contributed by atoms with Gasteiger partial charge in [0.1, 0.15) is 5.76 Å². The van der Waals surface area contributed by atoms with Crippen LogP contribution < -0.4 is 0 Å². The third-order valence-corrected chi connectivity index (χ3v) is 3.58. The molecular weight excluding hydrogens is 258 g/mol. The van der Waals surface area contributed by atoms with E-state index in [1.807, 2.05) is 12.3 Å². The average molecular weight is 277 g/mol. The lowest BCUT2D eigenvalue weighted by Gasteiger charge is -1.99. The Kier molecular flexibility index (Phi) is 4.15. The lowest BCUT2D eigenvalue weighted by molar-refractivity contribution is 0.510. The minimum atomic E-state index is 0.713. The van der Waals surface area contributed by atoms with E-state index in [9.17, 15) is 0 Å². The van der Waals surface area contributed by atoms with Crippen LogP contribution in [0.25, 0.3) is 11.5 Å². The van der Waals surface area contributed by atoms with Gasteiger partial charge in [-0.3, -0.25) is 0 Å². The summed E-state index contributed by atoms with van der Waals surface area (Å²) < 4.78 is 5.84. The number of aryl methyl sites for hydroxylation is 3. The smallest absolute Gasteiger partial charge is 0.226 e. The number of rotatable bonds is 5. The second-order valence-corrected chi connectivity index (χ2v) is 5.34. The molecule has 0 aliphatic rings. The summed E-state index contributed by atoms with van der Waals surface area (Å²) in [7, 11) is 0. The van der Waals surface area contributed by atoms with Crippen molar-refractivity contribution in [1.29, 1.82) is 0 Å². The Morgan fingerprint density at radius 3 is 2.43 bits per heavy atom. The standard InChI is InChI=1S/C19H19NO/c1-15-10-12-17(13-11-15)19-20-14-18(21-19)9-5-8-16-6-3-2-4-7-16/h2-4,6-7,10-14H,5,8-9H2,1H3. The molecule has 2 nitrogen and oxygen atoms in total. The molecule has 0 saturated carbocycles. The maximum Gasteiger partial charge on any atom is 0.226 e. The van der Waals surface area contributed by atoms with Crippen molar-refractivity contribution >= 4 is 0 Å². The lowest BCUT2D eigenvalue weighted by atomic mass is 10.1. The van der Waals surface area contributed by atoms with Crippen LogP contribution in [0.2, 0.25) is 0 Å². The molecule has 0 N–H and O–H groups in total. The van der Waals surface area contributed by atoms with E-state index in [1.165, 1.54) is 11.1 Å². The van der Waals surface area contributed by atoms with Crippen molar-refractivity contribution < 1.29 is 4.42 Å². The van der Waals surface area contributed by atoms with Gasteiger partial charge in [-0.15, -0.1) is 0 Å². The molecule has 21 heavy (non-hydrogen) atoms. The number of nitrogens with zero attached hydrogens (tertiary/aromatic N) is 1. The molecule has 0 unspecified atom stereocenters. The van der Waals surface area contributed by atoms with Gasteiger partial charge in [-0.1, -0.05) is 48.0 Å². The third-order valence-electron chi connectivity index (χ3n) is 3.58. The Hall–Kier alpha value is -2.35. The molecule has 3 rings (SSSR count). The van der Waals surface area contributed by atoms with Crippen LogP contribution in [0.5, 0.6) is 0 Å². The first kappa shape index (κ1) is 13.6. The van der Waals surface area contributed by atoms with Gasteiger partial charge >= 0.3 is 0 Å².